The number of carbonyl (C=O) groups excluding carboxylic acids is 1. The molecule has 0 aliphatic rings. The normalized spacial score (nSPS) is 10.5. The molecule has 0 aliphatic carbocycles. The van der Waals surface area contributed by atoms with Crippen molar-refractivity contribution in [3.63, 3.8) is 0 Å². The average Bonchev–Trinajstić information content (AvgIpc) is 2.10. The van der Waals surface area contributed by atoms with E-state index in [0.717, 1.165) is 0 Å². The Balaban J connectivity index is 2.82. The number of nitrogens with one attached hydrogen (secondary N) is 1. The molecule has 74 valence electrons. The number of benzene rings is 1. The van der Waals surface area contributed by atoms with Gasteiger partial charge in [-0.05, 0) is 47.1 Å². The van der Waals surface area contributed by atoms with Crippen molar-refractivity contribution in [1.29, 1.82) is 0 Å². The van der Waals surface area contributed by atoms with Crippen LogP contribution in [0.2, 0.25) is 0 Å². The maximum atomic E-state index is 12.7. The van der Waals surface area contributed by atoms with Crippen LogP contribution < -0.4 is 5.32 Å². The van der Waals surface area contributed by atoms with E-state index in [9.17, 15) is 9.18 Å². The lowest BCUT2D eigenvalue weighted by molar-refractivity contribution is -0.111. The predicted octanol–water partition coefficient (Wildman–Crippen LogP) is 3.10. The number of anilines is 1. The van der Waals surface area contributed by atoms with Crippen LogP contribution in [0.15, 0.2) is 34.8 Å². The molecule has 2 nitrogen and oxygen atoms in total. The van der Waals surface area contributed by atoms with Crippen molar-refractivity contribution in [3.05, 3.63) is 40.6 Å². The van der Waals surface area contributed by atoms with Gasteiger partial charge in [0.15, 0.2) is 0 Å². The first kappa shape index (κ1) is 10.9. The molecule has 0 heterocycles. The Morgan fingerprint density at radius 1 is 1.57 bits per heavy atom. The van der Waals surface area contributed by atoms with Gasteiger partial charge in [-0.2, -0.15) is 0 Å². The van der Waals surface area contributed by atoms with Gasteiger partial charge in [0.2, 0.25) is 5.91 Å². The van der Waals surface area contributed by atoms with E-state index in [4.69, 9.17) is 0 Å². The van der Waals surface area contributed by atoms with Gasteiger partial charge in [0.25, 0.3) is 0 Å². The first-order chi connectivity index (χ1) is 6.63. The molecule has 1 N–H and O–H groups in total. The Kier molecular flexibility index (Phi) is 3.83. The monoisotopic (exact) mass is 257 g/mol. The van der Waals surface area contributed by atoms with Gasteiger partial charge in [-0.1, -0.05) is 6.08 Å². The molecule has 0 fully saturated rings. The van der Waals surface area contributed by atoms with Gasteiger partial charge < -0.3 is 5.32 Å². The van der Waals surface area contributed by atoms with Crippen LogP contribution in [0.4, 0.5) is 10.1 Å². The van der Waals surface area contributed by atoms with Crippen LogP contribution >= 0.6 is 15.9 Å². The molecule has 0 atom stereocenters. The molecule has 0 radical (unpaired) electrons. The van der Waals surface area contributed by atoms with Gasteiger partial charge in [-0.25, -0.2) is 4.39 Å². The highest BCUT2D eigenvalue weighted by atomic mass is 79.9. The molecule has 1 amide bonds. The summed E-state index contributed by atoms with van der Waals surface area (Å²) in [5.74, 6) is -0.583. The summed E-state index contributed by atoms with van der Waals surface area (Å²) >= 11 is 3.15. The summed E-state index contributed by atoms with van der Waals surface area (Å²) in [6.45, 7) is 1.75. The number of halogens is 2. The zero-order chi connectivity index (χ0) is 10.6. The van der Waals surface area contributed by atoms with E-state index in [-0.39, 0.29) is 11.7 Å². The standard InChI is InChI=1S/C10H9BrFNO/c1-2-3-10(14)13-9-5-4-7(12)6-8(9)11/h2-6H,1H3,(H,13,14)/b3-2+. The second-order valence-corrected chi connectivity index (χ2v) is 3.47. The highest BCUT2D eigenvalue weighted by molar-refractivity contribution is 9.10. The van der Waals surface area contributed by atoms with Crippen molar-refractivity contribution < 1.29 is 9.18 Å². The van der Waals surface area contributed by atoms with E-state index in [1.54, 1.807) is 13.0 Å². The lowest BCUT2D eigenvalue weighted by Crippen LogP contribution is -2.08. The van der Waals surface area contributed by atoms with E-state index >= 15 is 0 Å². The topological polar surface area (TPSA) is 29.1 Å². The minimum absolute atomic E-state index is 0.236. The SMILES string of the molecule is C/C=C/C(=O)Nc1ccc(F)cc1Br. The summed E-state index contributed by atoms with van der Waals surface area (Å²) in [5.41, 5.74) is 0.550. The van der Waals surface area contributed by atoms with Crippen LogP contribution in [-0.4, -0.2) is 5.91 Å². The number of hydrogen-bond acceptors (Lipinski definition) is 1. The molecule has 1 aromatic rings. The van der Waals surface area contributed by atoms with Crippen LogP contribution in [0.5, 0.6) is 0 Å². The minimum atomic E-state index is -0.346. The molecule has 14 heavy (non-hydrogen) atoms. The van der Waals surface area contributed by atoms with Crippen LogP contribution in [0.1, 0.15) is 6.92 Å². The van der Waals surface area contributed by atoms with E-state index in [0.29, 0.717) is 10.2 Å². The Hall–Kier alpha value is -1.16. The molecule has 0 saturated heterocycles. The van der Waals surface area contributed by atoms with Crippen molar-refractivity contribution in [2.75, 3.05) is 5.32 Å². The van der Waals surface area contributed by atoms with Gasteiger partial charge >= 0.3 is 0 Å². The van der Waals surface area contributed by atoms with E-state index in [2.05, 4.69) is 21.2 Å². The summed E-state index contributed by atoms with van der Waals surface area (Å²) in [6, 6.07) is 4.09. The molecule has 0 spiro atoms. The highest BCUT2D eigenvalue weighted by Gasteiger charge is 2.03. The van der Waals surface area contributed by atoms with Crippen LogP contribution in [-0.2, 0) is 4.79 Å². The molecule has 1 aromatic carbocycles. The summed E-state index contributed by atoms with van der Waals surface area (Å²) in [5, 5.41) is 2.60. The van der Waals surface area contributed by atoms with Crippen molar-refractivity contribution >= 4 is 27.5 Å². The Morgan fingerprint density at radius 2 is 2.29 bits per heavy atom. The third-order valence-electron chi connectivity index (χ3n) is 1.51. The second kappa shape index (κ2) is 4.91. The largest absolute Gasteiger partial charge is 0.321 e. The van der Waals surface area contributed by atoms with Crippen molar-refractivity contribution in [1.82, 2.24) is 0 Å². The molecule has 0 bridgehead atoms. The minimum Gasteiger partial charge on any atom is -0.321 e. The zero-order valence-electron chi connectivity index (χ0n) is 7.55. The lowest BCUT2D eigenvalue weighted by atomic mass is 10.3. The summed E-state index contributed by atoms with van der Waals surface area (Å²) < 4.78 is 13.2. The molecule has 0 aliphatic heterocycles. The molecular formula is C10H9BrFNO. The number of rotatable bonds is 2. The van der Waals surface area contributed by atoms with Crippen LogP contribution in [0, 0.1) is 5.82 Å². The van der Waals surface area contributed by atoms with Crippen molar-refractivity contribution in [2.45, 2.75) is 6.92 Å². The summed E-state index contributed by atoms with van der Waals surface area (Å²) in [6.07, 6.45) is 3.03. The predicted molar refractivity (Wildman–Crippen MR) is 57.5 cm³/mol. The van der Waals surface area contributed by atoms with Crippen LogP contribution in [0.25, 0.3) is 0 Å². The van der Waals surface area contributed by atoms with Crippen molar-refractivity contribution in [2.24, 2.45) is 0 Å². The number of hydrogen-bond donors (Lipinski definition) is 1. The highest BCUT2D eigenvalue weighted by Crippen LogP contribution is 2.22. The number of allylic oxidation sites excluding steroid dienone is 1. The first-order valence-electron chi connectivity index (χ1n) is 4.02. The fourth-order valence-electron chi connectivity index (χ4n) is 0.917. The molecule has 0 unspecified atom stereocenters. The second-order valence-electron chi connectivity index (χ2n) is 2.61. The quantitative estimate of drug-likeness (QED) is 0.811. The molecule has 0 saturated carbocycles. The Bertz CT molecular complexity index is 376. The van der Waals surface area contributed by atoms with Gasteiger partial charge in [0.05, 0.1) is 5.69 Å². The zero-order valence-corrected chi connectivity index (χ0v) is 9.14. The van der Waals surface area contributed by atoms with Gasteiger partial charge in [0.1, 0.15) is 5.82 Å². The molecule has 1 rings (SSSR count). The maximum Gasteiger partial charge on any atom is 0.248 e. The lowest BCUT2D eigenvalue weighted by Gasteiger charge is -2.04. The first-order valence-corrected chi connectivity index (χ1v) is 4.81. The molecule has 4 heteroatoms. The Labute approximate surface area is 89.9 Å². The molecular weight excluding hydrogens is 249 g/mol. The third kappa shape index (κ3) is 2.96. The van der Waals surface area contributed by atoms with Crippen LogP contribution in [0.3, 0.4) is 0 Å². The number of amides is 1. The Morgan fingerprint density at radius 3 is 2.86 bits per heavy atom. The van der Waals surface area contributed by atoms with E-state index in [1.807, 2.05) is 0 Å². The third-order valence-corrected chi connectivity index (χ3v) is 2.16. The fraction of sp³-hybridized carbons (Fsp3) is 0.100. The van der Waals surface area contributed by atoms with Crippen molar-refractivity contribution in [3.8, 4) is 0 Å². The van der Waals surface area contributed by atoms with E-state index < -0.39 is 0 Å². The van der Waals surface area contributed by atoms with Gasteiger partial charge in [-0.3, -0.25) is 4.79 Å². The number of carbonyl (C=O) groups is 1. The maximum absolute atomic E-state index is 12.7. The molecule has 0 aromatic heterocycles. The summed E-state index contributed by atoms with van der Waals surface area (Å²) in [7, 11) is 0. The van der Waals surface area contributed by atoms with Gasteiger partial charge in [-0.15, -0.1) is 0 Å². The average molecular weight is 258 g/mol. The fourth-order valence-corrected chi connectivity index (χ4v) is 1.37. The van der Waals surface area contributed by atoms with E-state index in [1.165, 1.54) is 24.3 Å². The smallest absolute Gasteiger partial charge is 0.248 e. The summed E-state index contributed by atoms with van der Waals surface area (Å²) in [4.78, 5) is 11.1. The van der Waals surface area contributed by atoms with Gasteiger partial charge in [0, 0.05) is 4.47 Å².